The molecule has 1 unspecified atom stereocenters. The fraction of sp³-hybridized carbons (Fsp3) is 0.543. The smallest absolute Gasteiger partial charge is 0.410 e. The molecule has 11 nitrogen and oxygen atoms in total. The molecule has 0 saturated carbocycles. The summed E-state index contributed by atoms with van der Waals surface area (Å²) < 4.78 is 17.6. The van der Waals surface area contributed by atoms with Crippen LogP contribution in [0, 0.1) is 11.8 Å². The molecule has 47 heavy (non-hydrogen) atoms. The molecule has 1 atom stereocenters. The molecule has 3 heterocycles. The van der Waals surface area contributed by atoms with Crippen LogP contribution in [0.25, 0.3) is 10.2 Å². The topological polar surface area (TPSA) is 126 Å². The summed E-state index contributed by atoms with van der Waals surface area (Å²) in [6, 6.07) is 8.10. The van der Waals surface area contributed by atoms with Crippen LogP contribution < -0.4 is 5.32 Å². The zero-order chi connectivity index (χ0) is 33.8. The lowest BCUT2D eigenvalue weighted by Gasteiger charge is -2.26. The molecule has 12 heteroatoms. The highest BCUT2D eigenvalue weighted by atomic mass is 32.1. The van der Waals surface area contributed by atoms with Gasteiger partial charge in [-0.15, -0.1) is 11.3 Å². The molecule has 0 bridgehead atoms. The van der Waals surface area contributed by atoms with Crippen LogP contribution >= 0.6 is 11.3 Å². The summed E-state index contributed by atoms with van der Waals surface area (Å²) in [6.07, 6.45) is 3.96. The monoisotopic (exact) mass is 665 g/mol. The van der Waals surface area contributed by atoms with E-state index in [1.165, 1.54) is 17.7 Å². The minimum absolute atomic E-state index is 0.0702. The quantitative estimate of drug-likeness (QED) is 0.177. The third-order valence-electron chi connectivity index (χ3n) is 7.45. The number of amides is 2. The summed E-state index contributed by atoms with van der Waals surface area (Å²) in [7, 11) is 1.73. The zero-order valence-corrected chi connectivity index (χ0v) is 29.0. The van der Waals surface area contributed by atoms with Crippen molar-refractivity contribution < 1.29 is 28.9 Å². The second kappa shape index (κ2) is 17.4. The molecule has 0 spiro atoms. The first-order chi connectivity index (χ1) is 22.6. The highest BCUT2D eigenvalue weighted by Gasteiger charge is 2.26. The molecule has 4 rings (SSSR count). The Morgan fingerprint density at radius 3 is 2.72 bits per heavy atom. The molecule has 2 amide bonds. The Labute approximate surface area is 281 Å². The van der Waals surface area contributed by atoms with Crippen LogP contribution in [0.1, 0.15) is 85.8 Å². The van der Waals surface area contributed by atoms with E-state index in [1.807, 2.05) is 32.9 Å². The number of aliphatic hydroxyl groups is 1. The molecule has 1 fully saturated rings. The van der Waals surface area contributed by atoms with Gasteiger partial charge < -0.3 is 34.4 Å². The van der Waals surface area contributed by atoms with E-state index in [9.17, 15) is 9.59 Å². The Balaban J connectivity index is 1.43. The summed E-state index contributed by atoms with van der Waals surface area (Å²) in [4.78, 5) is 38.8. The van der Waals surface area contributed by atoms with Crippen molar-refractivity contribution >= 4 is 39.4 Å². The number of carbonyl (C=O) groups is 2. The number of rotatable bonds is 13. The number of nitrogens with zero attached hydrogens (tertiary/aromatic N) is 4. The number of ether oxygens (including phenoxy) is 3. The molecule has 0 aliphatic carbocycles. The van der Waals surface area contributed by atoms with Crippen molar-refractivity contribution in [3.05, 3.63) is 52.2 Å². The maximum atomic E-state index is 13.6. The van der Waals surface area contributed by atoms with E-state index >= 15 is 0 Å². The van der Waals surface area contributed by atoms with Gasteiger partial charge in [-0.2, -0.15) is 0 Å². The lowest BCUT2D eigenvalue weighted by Crippen LogP contribution is -2.40. The van der Waals surface area contributed by atoms with Crippen molar-refractivity contribution in [3.8, 4) is 11.8 Å². The maximum Gasteiger partial charge on any atom is 0.410 e. The van der Waals surface area contributed by atoms with E-state index in [0.29, 0.717) is 87.1 Å². The van der Waals surface area contributed by atoms with Crippen LogP contribution in [-0.2, 0) is 20.8 Å². The minimum Gasteiger partial charge on any atom is -0.444 e. The van der Waals surface area contributed by atoms with Gasteiger partial charge in [-0.1, -0.05) is 36.1 Å². The van der Waals surface area contributed by atoms with Crippen molar-refractivity contribution in [1.29, 1.82) is 0 Å². The molecule has 1 aromatic carbocycles. The van der Waals surface area contributed by atoms with Gasteiger partial charge in [0.15, 0.2) is 0 Å². The van der Waals surface area contributed by atoms with E-state index in [0.717, 1.165) is 22.2 Å². The Bertz CT molecular complexity index is 1550. The standard InChI is InChI=1S/C35H47N5O6S/c1-25(27-13-10-12-26(22-27)23-45-19-11-15-39(5)34(43)46-35(2,3)4)38-32-31-29(36-24-37-32)28(14-8-6-7-9-18-41)30(47-31)33(42)40-16-20-44-21-17-40/h10,12-13,22,24-25,41H,6-7,9,11,15-21,23H2,1-5H3,(H,36,37,38). The van der Waals surface area contributed by atoms with Crippen LogP contribution in [0.5, 0.6) is 0 Å². The minimum atomic E-state index is -0.522. The second-order valence-electron chi connectivity index (χ2n) is 12.5. The van der Waals surface area contributed by atoms with Gasteiger partial charge in [0.2, 0.25) is 0 Å². The number of hydrogen-bond acceptors (Lipinski definition) is 10. The molecular formula is C35H47N5O6S. The zero-order valence-electron chi connectivity index (χ0n) is 28.1. The molecule has 3 aromatic rings. The number of hydrogen-bond donors (Lipinski definition) is 2. The van der Waals surface area contributed by atoms with Gasteiger partial charge in [-0.25, -0.2) is 14.8 Å². The summed E-state index contributed by atoms with van der Waals surface area (Å²) in [5.74, 6) is 6.98. The summed E-state index contributed by atoms with van der Waals surface area (Å²) in [5.41, 5.74) is 2.86. The SMILES string of the molecule is CC(Nc1ncnc2c(C#CCCCCO)c(C(=O)N3CCOCC3)sc12)c1cccc(COCCCN(C)C(=O)OC(C)(C)C)c1. The number of carbonyl (C=O) groups excluding carboxylic acids is 2. The van der Waals surface area contributed by atoms with Gasteiger partial charge in [0.1, 0.15) is 28.1 Å². The predicted molar refractivity (Wildman–Crippen MR) is 184 cm³/mol. The first kappa shape index (κ1) is 36.1. The highest BCUT2D eigenvalue weighted by Crippen LogP contribution is 2.36. The summed E-state index contributed by atoms with van der Waals surface area (Å²) in [5, 5.41) is 12.7. The lowest BCUT2D eigenvalue weighted by molar-refractivity contribution is 0.0275. The molecular weight excluding hydrogens is 618 g/mol. The molecule has 0 radical (unpaired) electrons. The molecule has 254 valence electrons. The van der Waals surface area contributed by atoms with Gasteiger partial charge in [-0.3, -0.25) is 4.79 Å². The van der Waals surface area contributed by atoms with Gasteiger partial charge in [0.25, 0.3) is 5.91 Å². The molecule has 1 aliphatic heterocycles. The van der Waals surface area contributed by atoms with Crippen LogP contribution in [0.2, 0.25) is 0 Å². The lowest BCUT2D eigenvalue weighted by atomic mass is 10.1. The van der Waals surface area contributed by atoms with Crippen LogP contribution in [0.4, 0.5) is 10.6 Å². The average Bonchev–Trinajstić information content (AvgIpc) is 3.43. The second-order valence-corrected chi connectivity index (χ2v) is 13.5. The van der Waals surface area contributed by atoms with E-state index < -0.39 is 5.60 Å². The molecule has 2 aromatic heterocycles. The maximum absolute atomic E-state index is 13.6. The number of benzene rings is 1. The molecule has 1 saturated heterocycles. The normalized spacial score (nSPS) is 14.0. The largest absolute Gasteiger partial charge is 0.444 e. The number of thiophene rings is 1. The third-order valence-corrected chi connectivity index (χ3v) is 8.62. The van der Waals surface area contributed by atoms with Crippen LogP contribution in [0.15, 0.2) is 30.6 Å². The fourth-order valence-electron chi connectivity index (χ4n) is 4.93. The van der Waals surface area contributed by atoms with Crippen molar-refractivity contribution in [3.63, 3.8) is 0 Å². The van der Waals surface area contributed by atoms with Gasteiger partial charge >= 0.3 is 6.09 Å². The highest BCUT2D eigenvalue weighted by molar-refractivity contribution is 7.21. The van der Waals surface area contributed by atoms with Crippen molar-refractivity contribution in [2.24, 2.45) is 0 Å². The van der Waals surface area contributed by atoms with Crippen LogP contribution in [-0.4, -0.2) is 95.6 Å². The Morgan fingerprint density at radius 2 is 1.98 bits per heavy atom. The summed E-state index contributed by atoms with van der Waals surface area (Å²) in [6.45, 7) is 11.4. The van der Waals surface area contributed by atoms with Gasteiger partial charge in [-0.05, 0) is 58.1 Å². The average molecular weight is 666 g/mol. The number of aromatic nitrogens is 2. The Kier molecular flexibility index (Phi) is 13.4. The number of morpholine rings is 1. The number of fused-ring (bicyclic) bond motifs is 1. The number of nitrogens with one attached hydrogen (secondary N) is 1. The van der Waals surface area contributed by atoms with Gasteiger partial charge in [0.05, 0.1) is 30.1 Å². The number of aliphatic hydroxyl groups excluding tert-OH is 1. The van der Waals surface area contributed by atoms with E-state index in [2.05, 4.69) is 46.2 Å². The Morgan fingerprint density at radius 1 is 1.19 bits per heavy atom. The number of anilines is 1. The van der Waals surface area contributed by atoms with E-state index in [4.69, 9.17) is 19.3 Å². The molecule has 2 N–H and O–H groups in total. The van der Waals surface area contributed by atoms with Gasteiger partial charge in [0, 0.05) is 52.4 Å². The first-order valence-electron chi connectivity index (χ1n) is 16.2. The van der Waals surface area contributed by atoms with Crippen LogP contribution in [0.3, 0.4) is 0 Å². The van der Waals surface area contributed by atoms with Crippen molar-refractivity contribution in [1.82, 2.24) is 19.8 Å². The van der Waals surface area contributed by atoms with E-state index in [-0.39, 0.29) is 24.6 Å². The molecule has 1 aliphatic rings. The van der Waals surface area contributed by atoms with Crippen molar-refractivity contribution in [2.45, 2.75) is 71.6 Å². The third kappa shape index (κ3) is 10.6. The summed E-state index contributed by atoms with van der Waals surface area (Å²) >= 11 is 1.37. The number of unbranched alkanes of at least 4 members (excludes halogenated alkanes) is 2. The first-order valence-corrected chi connectivity index (χ1v) is 17.0. The van der Waals surface area contributed by atoms with E-state index in [1.54, 1.807) is 16.8 Å². The van der Waals surface area contributed by atoms with Crippen molar-refractivity contribution in [2.75, 3.05) is 58.4 Å². The predicted octanol–water partition coefficient (Wildman–Crippen LogP) is 5.62. The Hall–Kier alpha value is -3.76. The fourth-order valence-corrected chi connectivity index (χ4v) is 6.06.